The molecule has 0 aromatic heterocycles. The van der Waals surface area contributed by atoms with E-state index < -0.39 is 11.5 Å². The average Bonchev–Trinajstić information content (AvgIpc) is 2.26. The second-order valence-corrected chi connectivity index (χ2v) is 4.74. The van der Waals surface area contributed by atoms with Gasteiger partial charge in [0.15, 0.2) is 0 Å². The van der Waals surface area contributed by atoms with E-state index in [4.69, 9.17) is 15.6 Å². The van der Waals surface area contributed by atoms with Gasteiger partial charge in [-0.15, -0.1) is 0 Å². The third kappa shape index (κ3) is 3.75. The van der Waals surface area contributed by atoms with Crippen LogP contribution in [0.3, 0.4) is 0 Å². The lowest BCUT2D eigenvalue weighted by molar-refractivity contribution is -0.143. The highest BCUT2D eigenvalue weighted by Crippen LogP contribution is 2.20. The Morgan fingerprint density at radius 2 is 2.18 bits per heavy atom. The zero-order valence-electron chi connectivity index (χ0n) is 10.4. The normalized spacial score (nSPS) is 14.4. The quantitative estimate of drug-likeness (QED) is 0.821. The minimum atomic E-state index is -1.37. The maximum Gasteiger partial charge on any atom is 0.326 e. The summed E-state index contributed by atoms with van der Waals surface area (Å²) in [7, 11) is 0. The lowest BCUT2D eigenvalue weighted by Gasteiger charge is -2.20. The number of carboxylic acid groups (broad SMARTS) is 1. The first-order valence-corrected chi connectivity index (χ1v) is 5.58. The summed E-state index contributed by atoms with van der Waals surface area (Å²) in [6.07, 6.45) is 0. The molecule has 0 amide bonds. The highest BCUT2D eigenvalue weighted by molar-refractivity contribution is 5.78. The number of hydrogen-bond donors (Lipinski definition) is 2. The van der Waals surface area contributed by atoms with E-state index >= 15 is 0 Å². The molecule has 0 spiro atoms. The second kappa shape index (κ2) is 5.19. The van der Waals surface area contributed by atoms with Crippen LogP contribution in [0.25, 0.3) is 0 Å². The van der Waals surface area contributed by atoms with Crippen molar-refractivity contribution in [2.75, 3.05) is 6.61 Å². The Morgan fingerprint density at radius 1 is 1.53 bits per heavy atom. The van der Waals surface area contributed by atoms with Crippen LogP contribution in [-0.2, 0) is 4.79 Å². The van der Waals surface area contributed by atoms with Crippen molar-refractivity contribution in [1.29, 1.82) is 0 Å². The van der Waals surface area contributed by atoms with Gasteiger partial charge in [-0.25, -0.2) is 0 Å². The molecule has 1 rings (SSSR count). The summed E-state index contributed by atoms with van der Waals surface area (Å²) in [6, 6.07) is 7.60. The standard InChI is InChI=1S/C13H19NO3/c1-9(2)10-5-4-6-11(7-10)17-8-13(3,14)12(15)16/h4-7,9H,8,14H2,1-3H3,(H,15,16). The van der Waals surface area contributed by atoms with E-state index in [1.807, 2.05) is 18.2 Å². The summed E-state index contributed by atoms with van der Waals surface area (Å²) in [6.45, 7) is 5.55. The van der Waals surface area contributed by atoms with Crippen molar-refractivity contribution in [1.82, 2.24) is 0 Å². The number of carboxylic acids is 1. The van der Waals surface area contributed by atoms with Crippen molar-refractivity contribution in [2.45, 2.75) is 32.2 Å². The van der Waals surface area contributed by atoms with Crippen LogP contribution in [0.1, 0.15) is 32.3 Å². The van der Waals surface area contributed by atoms with Crippen LogP contribution < -0.4 is 10.5 Å². The van der Waals surface area contributed by atoms with E-state index in [0.29, 0.717) is 11.7 Å². The fourth-order valence-corrected chi connectivity index (χ4v) is 1.26. The summed E-state index contributed by atoms with van der Waals surface area (Å²) >= 11 is 0. The van der Waals surface area contributed by atoms with Gasteiger partial charge in [0, 0.05) is 0 Å². The first-order chi connectivity index (χ1) is 7.83. The Bertz CT molecular complexity index is 399. The molecule has 0 aliphatic carbocycles. The average molecular weight is 237 g/mol. The van der Waals surface area contributed by atoms with E-state index in [1.165, 1.54) is 6.92 Å². The lowest BCUT2D eigenvalue weighted by Crippen LogP contribution is -2.49. The molecule has 4 nitrogen and oxygen atoms in total. The van der Waals surface area contributed by atoms with E-state index in [9.17, 15) is 4.79 Å². The van der Waals surface area contributed by atoms with Gasteiger partial charge in [-0.3, -0.25) is 4.79 Å². The van der Waals surface area contributed by atoms with E-state index in [1.54, 1.807) is 6.07 Å². The van der Waals surface area contributed by atoms with E-state index in [-0.39, 0.29) is 6.61 Å². The molecule has 4 heteroatoms. The van der Waals surface area contributed by atoms with Gasteiger partial charge in [0.2, 0.25) is 0 Å². The highest BCUT2D eigenvalue weighted by Gasteiger charge is 2.28. The highest BCUT2D eigenvalue weighted by atomic mass is 16.5. The number of aliphatic carboxylic acids is 1. The number of carbonyl (C=O) groups is 1. The summed E-state index contributed by atoms with van der Waals surface area (Å²) < 4.78 is 5.42. The zero-order valence-corrected chi connectivity index (χ0v) is 10.4. The van der Waals surface area contributed by atoms with Gasteiger partial charge in [0.05, 0.1) is 0 Å². The molecule has 0 aliphatic heterocycles. The van der Waals surface area contributed by atoms with Gasteiger partial charge in [-0.2, -0.15) is 0 Å². The molecule has 0 saturated carbocycles. The number of hydrogen-bond acceptors (Lipinski definition) is 3. The minimum absolute atomic E-state index is 0.0517. The minimum Gasteiger partial charge on any atom is -0.491 e. The predicted octanol–water partition coefficient (Wildman–Crippen LogP) is 1.99. The molecule has 1 aromatic rings. The Labute approximate surface area is 101 Å². The Hall–Kier alpha value is -1.55. The molecule has 1 unspecified atom stereocenters. The Balaban J connectivity index is 2.70. The van der Waals surface area contributed by atoms with Crippen molar-refractivity contribution in [2.24, 2.45) is 5.73 Å². The van der Waals surface area contributed by atoms with Crippen molar-refractivity contribution < 1.29 is 14.6 Å². The zero-order chi connectivity index (χ0) is 13.1. The Kier molecular flexibility index (Phi) is 4.12. The molecular formula is C13H19NO3. The van der Waals surface area contributed by atoms with Crippen molar-refractivity contribution >= 4 is 5.97 Å². The summed E-state index contributed by atoms with van der Waals surface area (Å²) in [5.41, 5.74) is 5.36. The van der Waals surface area contributed by atoms with Crippen LogP contribution in [0, 0.1) is 0 Å². The smallest absolute Gasteiger partial charge is 0.326 e. The van der Waals surface area contributed by atoms with Crippen molar-refractivity contribution in [3.63, 3.8) is 0 Å². The maximum absolute atomic E-state index is 10.8. The van der Waals surface area contributed by atoms with E-state index in [2.05, 4.69) is 13.8 Å². The largest absolute Gasteiger partial charge is 0.491 e. The lowest BCUT2D eigenvalue weighted by atomic mass is 10.0. The second-order valence-electron chi connectivity index (χ2n) is 4.74. The molecule has 0 heterocycles. The van der Waals surface area contributed by atoms with Gasteiger partial charge < -0.3 is 15.6 Å². The molecule has 0 saturated heterocycles. The maximum atomic E-state index is 10.8. The molecule has 0 aliphatic rings. The number of benzene rings is 1. The van der Waals surface area contributed by atoms with Crippen molar-refractivity contribution in [3.8, 4) is 5.75 Å². The monoisotopic (exact) mass is 237 g/mol. The number of nitrogens with two attached hydrogens (primary N) is 1. The van der Waals surface area contributed by atoms with Crippen LogP contribution in [0.4, 0.5) is 0 Å². The van der Waals surface area contributed by atoms with Crippen LogP contribution in [0.15, 0.2) is 24.3 Å². The SMILES string of the molecule is CC(C)c1cccc(OCC(C)(N)C(=O)O)c1. The third-order valence-corrected chi connectivity index (χ3v) is 2.55. The van der Waals surface area contributed by atoms with Crippen LogP contribution >= 0.6 is 0 Å². The third-order valence-electron chi connectivity index (χ3n) is 2.55. The number of rotatable bonds is 5. The molecule has 17 heavy (non-hydrogen) atoms. The molecular weight excluding hydrogens is 218 g/mol. The van der Waals surface area contributed by atoms with Gasteiger partial charge in [0.1, 0.15) is 17.9 Å². The van der Waals surface area contributed by atoms with Crippen LogP contribution in [0.5, 0.6) is 5.75 Å². The van der Waals surface area contributed by atoms with Crippen LogP contribution in [0.2, 0.25) is 0 Å². The first kappa shape index (κ1) is 13.5. The molecule has 1 aromatic carbocycles. The molecule has 3 N–H and O–H groups in total. The topological polar surface area (TPSA) is 72.5 Å². The molecule has 0 radical (unpaired) electrons. The van der Waals surface area contributed by atoms with Gasteiger partial charge in [-0.1, -0.05) is 26.0 Å². The summed E-state index contributed by atoms with van der Waals surface area (Å²) in [4.78, 5) is 10.8. The van der Waals surface area contributed by atoms with Gasteiger partial charge in [0.25, 0.3) is 0 Å². The fraction of sp³-hybridized carbons (Fsp3) is 0.462. The molecule has 0 fully saturated rings. The molecule has 0 bridgehead atoms. The summed E-state index contributed by atoms with van der Waals surface area (Å²) in [5.74, 6) is -0.0195. The molecule has 94 valence electrons. The fourth-order valence-electron chi connectivity index (χ4n) is 1.26. The van der Waals surface area contributed by atoms with Gasteiger partial charge >= 0.3 is 5.97 Å². The van der Waals surface area contributed by atoms with Gasteiger partial charge in [-0.05, 0) is 30.5 Å². The Morgan fingerprint density at radius 3 is 2.71 bits per heavy atom. The van der Waals surface area contributed by atoms with Crippen molar-refractivity contribution in [3.05, 3.63) is 29.8 Å². The van der Waals surface area contributed by atoms with E-state index in [0.717, 1.165) is 5.56 Å². The van der Waals surface area contributed by atoms with Crippen LogP contribution in [-0.4, -0.2) is 23.2 Å². The first-order valence-electron chi connectivity index (χ1n) is 5.58. The number of ether oxygens (including phenoxy) is 1. The predicted molar refractivity (Wildman–Crippen MR) is 66.3 cm³/mol. The summed E-state index contributed by atoms with van der Waals surface area (Å²) in [5, 5.41) is 8.86. The molecule has 1 atom stereocenters.